The molecule has 5 rings (SSSR count). The number of rotatable bonds is 41. The number of halogens is 5. The summed E-state index contributed by atoms with van der Waals surface area (Å²) in [5.41, 5.74) is 7.10. The van der Waals surface area contributed by atoms with Crippen LogP contribution in [0.2, 0.25) is 0 Å². The maximum atomic E-state index is 14.7. The van der Waals surface area contributed by atoms with Crippen molar-refractivity contribution in [2.45, 2.75) is 208 Å². The van der Waals surface area contributed by atoms with Crippen LogP contribution in [0.1, 0.15) is 164 Å². The Morgan fingerprint density at radius 1 is 0.651 bits per heavy atom. The highest BCUT2D eigenvalue weighted by atomic mass is 19.2. The first-order chi connectivity index (χ1) is 50.0. The Morgan fingerprint density at radius 3 is 1.83 bits per heavy atom. The van der Waals surface area contributed by atoms with E-state index in [4.69, 9.17) is 15.2 Å². The number of hydrogen-bond acceptors (Lipinski definition) is 15. The highest BCUT2D eigenvalue weighted by molar-refractivity contribution is 5.98. The minimum Gasteiger partial charge on any atom is -0.420 e. The summed E-state index contributed by atoms with van der Waals surface area (Å²) in [6.07, 6.45) is -0.321. The molecule has 6 N–H and O–H groups in total. The number of nitrogens with two attached hydrogens (primary N) is 1. The molecule has 2 aliphatic heterocycles. The van der Waals surface area contributed by atoms with Gasteiger partial charge in [-0.15, -0.1) is 0 Å². The maximum absolute atomic E-state index is 14.7. The van der Waals surface area contributed by atoms with Crippen LogP contribution in [0.5, 0.6) is 5.75 Å². The van der Waals surface area contributed by atoms with Crippen LogP contribution >= 0.6 is 0 Å². The molecule has 0 unspecified atom stereocenters. The molecule has 3 aromatic carbocycles. The lowest BCUT2D eigenvalue weighted by Crippen LogP contribution is -2.54. The van der Waals surface area contributed by atoms with Crippen LogP contribution in [0.4, 0.5) is 32.4 Å². The van der Waals surface area contributed by atoms with Crippen molar-refractivity contribution in [1.29, 1.82) is 0 Å². The predicted octanol–water partition coefficient (Wildman–Crippen LogP) is 9.67. The fraction of sp³-hybridized carbons (Fsp3) is 0.628. The van der Waals surface area contributed by atoms with Gasteiger partial charge in [0.05, 0.1) is 48.7 Å². The number of esters is 1. The number of hydrogen-bond donors (Lipinski definition) is 5. The standard InChI is InChI=1S/C78H112F5N9O14/c1-16-46(8)71(90(13)76(101)55(43(2)3)40-59(95)70(45(6)7)89(11)12)60(104-14)41-63(98)92-34-21-25-56(92)72(105-15)48(10)57(93)39-53(37-49-22-18-17-19-23-49)74(99)86-42-50-26-28-54(29-27-50)87-75(100)51(24-20-33-85-78(84)103)38-58(94)69(44(4)5)88-61(96)30-31-62(97)91-35-32-52(36-47(91)9)77(102)106-73-67(82)65(80)64(79)66(81)68(73)83/h17-19,22-23,26-29,43-48,51-53,55-56,60,69-72H,16,20-21,24-25,30-42H2,1-15H3,(H,86,99)(H,87,100)(H,88,96)(H3,84,85,103)/t46-,47-,48-,51+,52-,53+,55-,56-,60+,69-,70-,71-,72+/m0/s1. The lowest BCUT2D eigenvalue weighted by atomic mass is 9.83. The van der Waals surface area contributed by atoms with Gasteiger partial charge in [-0.1, -0.05) is 111 Å². The van der Waals surface area contributed by atoms with Crippen molar-refractivity contribution in [2.24, 2.45) is 59.0 Å². The van der Waals surface area contributed by atoms with E-state index < -0.39 is 142 Å². The number of Topliss-reactive ketones (excluding diaryl/α,β-unsaturated/α-hetero) is 3. The number of ether oxygens (including phenoxy) is 3. The van der Waals surface area contributed by atoms with Crippen molar-refractivity contribution in [2.75, 3.05) is 60.3 Å². The predicted molar refractivity (Wildman–Crippen MR) is 388 cm³/mol. The Hall–Kier alpha value is -8.24. The van der Waals surface area contributed by atoms with E-state index in [2.05, 4.69) is 26.0 Å². The first-order valence-electron chi connectivity index (χ1n) is 36.9. The summed E-state index contributed by atoms with van der Waals surface area (Å²) in [5.74, 6) is -22.7. The second-order valence-electron chi connectivity index (χ2n) is 29.8. The summed E-state index contributed by atoms with van der Waals surface area (Å²) in [6.45, 7) is 19.1. The third-order valence-corrected chi connectivity index (χ3v) is 20.9. The third-order valence-electron chi connectivity index (χ3n) is 20.9. The van der Waals surface area contributed by atoms with E-state index in [1.165, 1.54) is 19.1 Å². The highest BCUT2D eigenvalue weighted by Crippen LogP contribution is 2.35. The number of benzene rings is 3. The van der Waals surface area contributed by atoms with E-state index in [-0.39, 0.29) is 143 Å². The molecule has 2 fully saturated rings. The number of amides is 8. The molecule has 0 bridgehead atoms. The van der Waals surface area contributed by atoms with Crippen molar-refractivity contribution in [3.8, 4) is 5.75 Å². The fourth-order valence-electron chi connectivity index (χ4n) is 14.8. The molecule has 23 nitrogen and oxygen atoms in total. The molecule has 3 aromatic rings. The van der Waals surface area contributed by atoms with E-state index in [1.807, 2.05) is 90.9 Å². The molecule has 2 heterocycles. The molecule has 8 amide bonds. The maximum Gasteiger partial charge on any atom is 0.314 e. The highest BCUT2D eigenvalue weighted by Gasteiger charge is 2.45. The summed E-state index contributed by atoms with van der Waals surface area (Å²) in [7, 11) is 8.51. The smallest absolute Gasteiger partial charge is 0.314 e. The van der Waals surface area contributed by atoms with E-state index in [0.29, 0.717) is 37.1 Å². The van der Waals surface area contributed by atoms with Gasteiger partial charge in [0.1, 0.15) is 5.78 Å². The summed E-state index contributed by atoms with van der Waals surface area (Å²) in [5, 5.41) is 11.0. The van der Waals surface area contributed by atoms with Gasteiger partial charge in [-0.3, -0.25) is 52.8 Å². The number of urea groups is 1. The van der Waals surface area contributed by atoms with Gasteiger partial charge in [0.2, 0.25) is 70.3 Å². The normalized spacial score (nSPS) is 18.2. The largest absolute Gasteiger partial charge is 0.420 e. The van der Waals surface area contributed by atoms with E-state index in [1.54, 1.807) is 68.8 Å². The molecular weight excluding hydrogens is 1380 g/mol. The monoisotopic (exact) mass is 1490 g/mol. The van der Waals surface area contributed by atoms with Gasteiger partial charge >= 0.3 is 12.0 Å². The first-order valence-corrected chi connectivity index (χ1v) is 36.9. The fourth-order valence-corrected chi connectivity index (χ4v) is 14.8. The molecule has 0 aromatic heterocycles. The quantitative estimate of drug-likeness (QED) is 0.00882. The van der Waals surface area contributed by atoms with Gasteiger partial charge in [0.25, 0.3) is 0 Å². The number of nitrogens with one attached hydrogen (secondary N) is 4. The number of likely N-dealkylation sites (N-methyl/N-ethyl adjacent to an activating group) is 2. The summed E-state index contributed by atoms with van der Waals surface area (Å²) in [6, 6.07) is 12.0. The average Bonchev–Trinajstić information content (AvgIpc) is 0.894. The van der Waals surface area contributed by atoms with Gasteiger partial charge < -0.3 is 55.9 Å². The Labute approximate surface area is 620 Å². The number of primary amides is 1. The van der Waals surface area contributed by atoms with Gasteiger partial charge in [0.15, 0.2) is 11.6 Å². The summed E-state index contributed by atoms with van der Waals surface area (Å²) < 4.78 is 86.5. The molecule has 0 aliphatic carbocycles. The zero-order valence-electron chi connectivity index (χ0n) is 64.1. The van der Waals surface area contributed by atoms with Crippen LogP contribution in [-0.4, -0.2) is 182 Å². The van der Waals surface area contributed by atoms with Crippen LogP contribution in [0.3, 0.4) is 0 Å². The van der Waals surface area contributed by atoms with Gasteiger partial charge in [-0.05, 0) is 113 Å². The van der Waals surface area contributed by atoms with Gasteiger partial charge in [0, 0.05) is 115 Å². The second kappa shape index (κ2) is 41.8. The molecule has 0 radical (unpaired) electrons. The van der Waals surface area contributed by atoms with E-state index in [0.717, 1.165) is 5.56 Å². The van der Waals surface area contributed by atoms with Crippen molar-refractivity contribution in [1.82, 2.24) is 35.6 Å². The zero-order chi connectivity index (χ0) is 79.1. The minimum absolute atomic E-state index is 0.00421. The molecule has 2 aliphatic rings. The number of nitrogens with zero attached hydrogens (tertiary/aromatic N) is 4. The van der Waals surface area contributed by atoms with Crippen molar-refractivity contribution in [3.05, 3.63) is 94.8 Å². The van der Waals surface area contributed by atoms with Crippen LogP contribution in [0.15, 0.2) is 54.6 Å². The molecular formula is C78H112F5N9O14. The van der Waals surface area contributed by atoms with E-state index >= 15 is 0 Å². The number of ketones is 3. The average molecular weight is 1490 g/mol. The zero-order valence-corrected chi connectivity index (χ0v) is 64.1. The molecule has 588 valence electrons. The van der Waals surface area contributed by atoms with Crippen LogP contribution in [-0.2, 0) is 70.4 Å². The minimum atomic E-state index is -2.42. The number of carbonyl (C=O) groups excluding carboxylic acids is 11. The Kier molecular flexibility index (Phi) is 34.8. The second-order valence-corrected chi connectivity index (χ2v) is 29.8. The summed E-state index contributed by atoms with van der Waals surface area (Å²) in [4.78, 5) is 158. The van der Waals surface area contributed by atoms with Crippen LogP contribution < -0.4 is 31.7 Å². The Balaban J connectivity index is 1.20. The molecule has 28 heteroatoms. The third kappa shape index (κ3) is 24.4. The molecule has 0 saturated carbocycles. The van der Waals surface area contributed by atoms with Crippen LogP contribution in [0, 0.1) is 82.3 Å². The number of likely N-dealkylation sites (tertiary alicyclic amines) is 2. The molecule has 13 atom stereocenters. The molecule has 0 spiro atoms. The molecule has 2 saturated heterocycles. The van der Waals surface area contributed by atoms with Crippen LogP contribution in [0.25, 0.3) is 0 Å². The first kappa shape index (κ1) is 88.4. The molecule has 106 heavy (non-hydrogen) atoms. The lowest BCUT2D eigenvalue weighted by Gasteiger charge is -2.41. The number of piperidine rings is 1. The topological polar surface area (TPSA) is 303 Å². The van der Waals surface area contributed by atoms with Gasteiger partial charge in [-0.2, -0.15) is 8.78 Å². The number of methoxy groups -OCH3 is 2. The van der Waals surface area contributed by atoms with Crippen molar-refractivity contribution >= 4 is 70.5 Å². The lowest BCUT2D eigenvalue weighted by molar-refractivity contribution is -0.149. The van der Waals surface area contributed by atoms with Crippen molar-refractivity contribution < 1.29 is 88.9 Å². The van der Waals surface area contributed by atoms with Crippen molar-refractivity contribution in [3.63, 3.8) is 0 Å². The Morgan fingerprint density at radius 2 is 1.27 bits per heavy atom. The SMILES string of the molecule is CC[C@H](C)[C@@H]([C@@H](CC(=O)N1CCC[C@H]1[C@H](OC)[C@@H](C)C(=O)C[C@@H](Cc1ccccc1)C(=O)NCc1ccc(NC(=O)[C@H](CCCNC(N)=O)CC(=O)[C@@H](NC(=O)CCC(=O)N2CC[C@H](C(=O)Oc3c(F)c(F)c(F)c(F)c3F)C[C@@H]2C)C(C)C)cc1)OC)N(C)C(=O)[C@@H](CC(=O)[C@H](C(C)C)N(C)C)C(C)C. The van der Waals surface area contributed by atoms with E-state index in [9.17, 15) is 74.7 Å². The van der Waals surface area contributed by atoms with Gasteiger partial charge in [-0.25, -0.2) is 18.0 Å². The number of carbonyl (C=O) groups is 11. The Bertz CT molecular complexity index is 3480. The summed E-state index contributed by atoms with van der Waals surface area (Å²) >= 11 is 0. The number of anilines is 1.